The summed E-state index contributed by atoms with van der Waals surface area (Å²) in [5, 5.41) is 0. The van der Waals surface area contributed by atoms with Crippen LogP contribution in [0.1, 0.15) is 50.3 Å². The maximum Gasteiger partial charge on any atom is 0.211 e. The van der Waals surface area contributed by atoms with E-state index in [0.29, 0.717) is 19.0 Å². The van der Waals surface area contributed by atoms with Crippen molar-refractivity contribution < 1.29 is 8.42 Å². The van der Waals surface area contributed by atoms with Crippen molar-refractivity contribution >= 4 is 10.0 Å². The van der Waals surface area contributed by atoms with E-state index in [-0.39, 0.29) is 0 Å². The van der Waals surface area contributed by atoms with E-state index < -0.39 is 10.0 Å². The molecule has 1 aliphatic rings. The van der Waals surface area contributed by atoms with Crippen molar-refractivity contribution in [3.63, 3.8) is 0 Å². The van der Waals surface area contributed by atoms with Crippen molar-refractivity contribution in [1.29, 1.82) is 0 Å². The van der Waals surface area contributed by atoms with Gasteiger partial charge in [-0.25, -0.2) is 8.42 Å². The van der Waals surface area contributed by atoms with E-state index in [1.165, 1.54) is 17.4 Å². The maximum absolute atomic E-state index is 11.5. The second-order valence-corrected chi connectivity index (χ2v) is 7.01. The Morgan fingerprint density at radius 1 is 1.16 bits per heavy atom. The minimum atomic E-state index is -3.07. The highest BCUT2D eigenvalue weighted by Crippen LogP contribution is 2.24. The molecule has 1 aromatic rings. The summed E-state index contributed by atoms with van der Waals surface area (Å²) in [5.74, 6) is 0.480. The van der Waals surface area contributed by atoms with E-state index in [1.807, 2.05) is 13.8 Å². The van der Waals surface area contributed by atoms with Crippen LogP contribution in [-0.2, 0) is 23.0 Å². The highest BCUT2D eigenvalue weighted by atomic mass is 32.2. The zero-order valence-electron chi connectivity index (χ0n) is 12.6. The van der Waals surface area contributed by atoms with Gasteiger partial charge in [0.1, 0.15) is 0 Å². The predicted octanol–water partition coefficient (Wildman–Crippen LogP) is 3.15. The van der Waals surface area contributed by atoms with Crippen LogP contribution in [0.25, 0.3) is 0 Å². The first kappa shape index (κ1) is 16.2. The summed E-state index contributed by atoms with van der Waals surface area (Å²) in [6, 6.07) is 6.45. The molecule has 0 aliphatic carbocycles. The van der Waals surface area contributed by atoms with Crippen LogP contribution in [0.3, 0.4) is 0 Å². The molecule has 0 saturated heterocycles. The number of nitrogens with zero attached hydrogens (tertiary/aromatic N) is 1. The predicted molar refractivity (Wildman–Crippen MR) is 80.8 cm³/mol. The quantitative estimate of drug-likeness (QED) is 0.836. The van der Waals surface area contributed by atoms with Gasteiger partial charge in [-0.2, -0.15) is 4.31 Å². The Kier molecular flexibility index (Phi) is 5.56. The van der Waals surface area contributed by atoms with Gasteiger partial charge in [-0.3, -0.25) is 0 Å². The van der Waals surface area contributed by atoms with Crippen LogP contribution in [0.15, 0.2) is 18.2 Å². The first-order valence-corrected chi connectivity index (χ1v) is 8.79. The summed E-state index contributed by atoms with van der Waals surface area (Å²) in [5.41, 5.74) is 3.72. The number of fused-ring (bicyclic) bond motifs is 1. The van der Waals surface area contributed by atoms with Crippen molar-refractivity contribution in [3.05, 3.63) is 34.9 Å². The molecule has 0 saturated carbocycles. The van der Waals surface area contributed by atoms with Crippen molar-refractivity contribution in [1.82, 2.24) is 4.31 Å². The van der Waals surface area contributed by atoms with Gasteiger partial charge in [0.05, 0.1) is 6.26 Å². The molecule has 1 aliphatic heterocycles. The number of hydrogen-bond donors (Lipinski definition) is 0. The third-order valence-corrected chi connectivity index (χ3v) is 4.59. The fourth-order valence-electron chi connectivity index (χ4n) is 2.19. The average molecular weight is 283 g/mol. The number of hydrogen-bond acceptors (Lipinski definition) is 2. The van der Waals surface area contributed by atoms with E-state index >= 15 is 0 Å². The molecule has 0 unspecified atom stereocenters. The Morgan fingerprint density at radius 3 is 2.32 bits per heavy atom. The van der Waals surface area contributed by atoms with Crippen molar-refractivity contribution in [2.75, 3.05) is 12.8 Å². The third-order valence-electron chi connectivity index (χ3n) is 3.34. The topological polar surface area (TPSA) is 37.4 Å². The van der Waals surface area contributed by atoms with E-state index in [9.17, 15) is 8.42 Å². The molecule has 0 atom stereocenters. The molecule has 0 amide bonds. The van der Waals surface area contributed by atoms with Crippen molar-refractivity contribution in [2.45, 2.75) is 46.6 Å². The highest BCUT2D eigenvalue weighted by Gasteiger charge is 2.23. The second kappa shape index (κ2) is 6.53. The number of sulfonamides is 1. The molecule has 0 spiro atoms. The average Bonchev–Trinajstić information content (AvgIpc) is 2.38. The zero-order chi connectivity index (χ0) is 14.6. The number of rotatable bonds is 2. The van der Waals surface area contributed by atoms with Crippen LogP contribution in [-0.4, -0.2) is 25.5 Å². The van der Waals surface area contributed by atoms with Gasteiger partial charge in [0.2, 0.25) is 10.0 Å². The molecular weight excluding hydrogens is 258 g/mol. The summed E-state index contributed by atoms with van der Waals surface area (Å²) in [7, 11) is -3.07. The normalized spacial score (nSPS) is 15.7. The third kappa shape index (κ3) is 4.05. The molecule has 0 N–H and O–H groups in total. The Morgan fingerprint density at radius 2 is 1.79 bits per heavy atom. The summed E-state index contributed by atoms with van der Waals surface area (Å²) in [6.07, 6.45) is 2.10. The molecule has 1 aromatic carbocycles. The lowest BCUT2D eigenvalue weighted by Crippen LogP contribution is -2.35. The van der Waals surface area contributed by atoms with Crippen LogP contribution in [0, 0.1) is 0 Å². The lowest BCUT2D eigenvalue weighted by atomic mass is 9.94. The number of benzene rings is 1. The monoisotopic (exact) mass is 283 g/mol. The smallest absolute Gasteiger partial charge is 0.211 e. The molecule has 108 valence electrons. The molecule has 0 fully saturated rings. The second-order valence-electron chi connectivity index (χ2n) is 5.03. The van der Waals surface area contributed by atoms with Crippen LogP contribution in [0.2, 0.25) is 0 Å². The Bertz CT molecular complexity index is 521. The molecule has 0 radical (unpaired) electrons. The molecule has 19 heavy (non-hydrogen) atoms. The SMILES string of the molecule is CC.CC(C)c1ccc2c(c1)CN(S(C)(=O)=O)CC2. The molecule has 2 rings (SSSR count). The van der Waals surface area contributed by atoms with Crippen LogP contribution in [0.5, 0.6) is 0 Å². The van der Waals surface area contributed by atoms with Gasteiger partial charge in [0.25, 0.3) is 0 Å². The molecular formula is C15H25NO2S. The molecule has 0 bridgehead atoms. The van der Waals surface area contributed by atoms with E-state index in [2.05, 4.69) is 32.0 Å². The molecule has 3 nitrogen and oxygen atoms in total. The maximum atomic E-state index is 11.5. The van der Waals surface area contributed by atoms with Crippen LogP contribution in [0.4, 0.5) is 0 Å². The fourth-order valence-corrected chi connectivity index (χ4v) is 2.99. The lowest BCUT2D eigenvalue weighted by molar-refractivity contribution is 0.394. The Labute approximate surface area is 117 Å². The standard InChI is InChI=1S/C13H19NO2S.C2H6/c1-10(2)12-5-4-11-6-7-14(17(3,15)16)9-13(11)8-12;1-2/h4-5,8,10H,6-7,9H2,1-3H3;1-2H3. The summed E-state index contributed by atoms with van der Waals surface area (Å²) < 4.78 is 24.6. The van der Waals surface area contributed by atoms with Crippen molar-refractivity contribution in [3.8, 4) is 0 Å². The van der Waals surface area contributed by atoms with Gasteiger partial charge in [0, 0.05) is 13.1 Å². The summed E-state index contributed by atoms with van der Waals surface area (Å²) >= 11 is 0. The largest absolute Gasteiger partial charge is 0.212 e. The first-order valence-electron chi connectivity index (χ1n) is 6.95. The minimum Gasteiger partial charge on any atom is -0.212 e. The van der Waals surface area contributed by atoms with Gasteiger partial charge in [-0.05, 0) is 29.0 Å². The van der Waals surface area contributed by atoms with Crippen LogP contribution >= 0.6 is 0 Å². The summed E-state index contributed by atoms with van der Waals surface area (Å²) in [4.78, 5) is 0. The fraction of sp³-hybridized carbons (Fsp3) is 0.600. The van der Waals surface area contributed by atoms with Gasteiger partial charge in [-0.15, -0.1) is 0 Å². The minimum absolute atomic E-state index is 0.480. The van der Waals surface area contributed by atoms with E-state index in [0.717, 1.165) is 12.0 Å². The molecule has 1 heterocycles. The Balaban J connectivity index is 0.000000861. The molecule has 0 aromatic heterocycles. The van der Waals surface area contributed by atoms with Gasteiger partial charge < -0.3 is 0 Å². The zero-order valence-corrected chi connectivity index (χ0v) is 13.4. The highest BCUT2D eigenvalue weighted by molar-refractivity contribution is 7.88. The van der Waals surface area contributed by atoms with Gasteiger partial charge in [0.15, 0.2) is 0 Å². The lowest BCUT2D eigenvalue weighted by Gasteiger charge is -2.27. The van der Waals surface area contributed by atoms with E-state index in [1.54, 1.807) is 4.31 Å². The van der Waals surface area contributed by atoms with Gasteiger partial charge >= 0.3 is 0 Å². The van der Waals surface area contributed by atoms with Crippen molar-refractivity contribution in [2.24, 2.45) is 0 Å². The molecule has 4 heteroatoms. The van der Waals surface area contributed by atoms with E-state index in [4.69, 9.17) is 0 Å². The van der Waals surface area contributed by atoms with Gasteiger partial charge in [-0.1, -0.05) is 45.9 Å². The Hall–Kier alpha value is -0.870. The first-order chi connectivity index (χ1) is 8.88. The summed E-state index contributed by atoms with van der Waals surface area (Å²) in [6.45, 7) is 9.43. The van der Waals surface area contributed by atoms with Crippen LogP contribution < -0.4 is 0 Å².